The quantitative estimate of drug-likeness (QED) is 0.792. The van der Waals surface area contributed by atoms with Crippen LogP contribution >= 0.6 is 0 Å². The van der Waals surface area contributed by atoms with E-state index in [1.165, 1.54) is 0 Å². The summed E-state index contributed by atoms with van der Waals surface area (Å²) in [5.41, 5.74) is 0.911. The van der Waals surface area contributed by atoms with Crippen LogP contribution in [-0.4, -0.2) is 53.7 Å². The zero-order valence-electron chi connectivity index (χ0n) is 13.7. The SMILES string of the molecule is O=C(C=Cc1ccc2c(c1)OCO2)N1CCN(c2ncccn2)CC1. The van der Waals surface area contributed by atoms with E-state index in [0.29, 0.717) is 24.8 Å². The lowest BCUT2D eigenvalue weighted by Crippen LogP contribution is -2.48. The van der Waals surface area contributed by atoms with Gasteiger partial charge in [-0.15, -0.1) is 0 Å². The number of piperazine rings is 1. The molecular weight excluding hydrogens is 320 g/mol. The highest BCUT2D eigenvalue weighted by atomic mass is 16.7. The summed E-state index contributed by atoms with van der Waals surface area (Å²) < 4.78 is 10.6. The number of aromatic nitrogens is 2. The molecule has 7 heteroatoms. The van der Waals surface area contributed by atoms with Crippen molar-refractivity contribution < 1.29 is 14.3 Å². The van der Waals surface area contributed by atoms with Gasteiger partial charge >= 0.3 is 0 Å². The second-order valence-corrected chi connectivity index (χ2v) is 5.81. The van der Waals surface area contributed by atoms with Gasteiger partial charge in [0, 0.05) is 44.6 Å². The monoisotopic (exact) mass is 338 g/mol. The lowest BCUT2D eigenvalue weighted by Gasteiger charge is -2.34. The lowest BCUT2D eigenvalue weighted by molar-refractivity contribution is -0.126. The average molecular weight is 338 g/mol. The molecule has 1 fully saturated rings. The number of nitrogens with zero attached hydrogens (tertiary/aromatic N) is 4. The second kappa shape index (κ2) is 6.80. The molecule has 0 N–H and O–H groups in total. The van der Waals surface area contributed by atoms with Crippen molar-refractivity contribution in [3.05, 3.63) is 48.3 Å². The van der Waals surface area contributed by atoms with Crippen molar-refractivity contribution in [2.45, 2.75) is 0 Å². The van der Waals surface area contributed by atoms with Crippen LogP contribution in [0, 0.1) is 0 Å². The molecule has 0 atom stereocenters. The Bertz CT molecular complexity index is 786. The molecule has 7 nitrogen and oxygen atoms in total. The van der Waals surface area contributed by atoms with Crippen LogP contribution in [0.5, 0.6) is 11.5 Å². The molecule has 1 amide bonds. The third kappa shape index (κ3) is 3.40. The number of rotatable bonds is 3. The van der Waals surface area contributed by atoms with E-state index in [4.69, 9.17) is 9.47 Å². The molecule has 0 aliphatic carbocycles. The number of carbonyl (C=O) groups excluding carboxylic acids is 1. The van der Waals surface area contributed by atoms with Gasteiger partial charge in [0.2, 0.25) is 18.6 Å². The molecule has 4 rings (SSSR count). The second-order valence-electron chi connectivity index (χ2n) is 5.81. The minimum atomic E-state index is 0.00583. The number of hydrogen-bond acceptors (Lipinski definition) is 6. The van der Waals surface area contributed by atoms with E-state index in [1.54, 1.807) is 30.6 Å². The summed E-state index contributed by atoms with van der Waals surface area (Å²) in [7, 11) is 0. The van der Waals surface area contributed by atoms with Crippen LogP contribution in [0.1, 0.15) is 5.56 Å². The predicted molar refractivity (Wildman–Crippen MR) is 92.4 cm³/mol. The smallest absolute Gasteiger partial charge is 0.246 e. The number of carbonyl (C=O) groups is 1. The fraction of sp³-hybridized carbons (Fsp3) is 0.278. The Hall–Kier alpha value is -3.09. The van der Waals surface area contributed by atoms with Crippen molar-refractivity contribution in [1.29, 1.82) is 0 Å². The maximum absolute atomic E-state index is 12.4. The Balaban J connectivity index is 1.34. The Morgan fingerprint density at radius 1 is 1.04 bits per heavy atom. The van der Waals surface area contributed by atoms with Gasteiger partial charge in [0.15, 0.2) is 11.5 Å². The van der Waals surface area contributed by atoms with Crippen molar-refractivity contribution in [1.82, 2.24) is 14.9 Å². The zero-order valence-corrected chi connectivity index (χ0v) is 13.7. The minimum Gasteiger partial charge on any atom is -0.454 e. The van der Waals surface area contributed by atoms with Crippen molar-refractivity contribution in [2.75, 3.05) is 37.9 Å². The molecule has 2 aromatic rings. The fourth-order valence-electron chi connectivity index (χ4n) is 2.87. The lowest BCUT2D eigenvalue weighted by atomic mass is 10.2. The molecular formula is C18H18N4O3. The molecule has 1 aromatic heterocycles. The zero-order chi connectivity index (χ0) is 17.1. The van der Waals surface area contributed by atoms with E-state index in [1.807, 2.05) is 23.1 Å². The molecule has 128 valence electrons. The number of ether oxygens (including phenoxy) is 2. The molecule has 0 unspecified atom stereocenters. The first kappa shape index (κ1) is 15.4. The van der Waals surface area contributed by atoms with Gasteiger partial charge < -0.3 is 19.3 Å². The van der Waals surface area contributed by atoms with E-state index in [-0.39, 0.29) is 12.7 Å². The van der Waals surface area contributed by atoms with Crippen molar-refractivity contribution >= 4 is 17.9 Å². The maximum atomic E-state index is 12.4. The van der Waals surface area contributed by atoms with Crippen LogP contribution in [-0.2, 0) is 4.79 Å². The number of fused-ring (bicyclic) bond motifs is 1. The molecule has 1 aromatic carbocycles. The molecule has 0 bridgehead atoms. The third-order valence-corrected chi connectivity index (χ3v) is 4.24. The Labute approximate surface area is 145 Å². The van der Waals surface area contributed by atoms with Gasteiger partial charge in [0.25, 0.3) is 0 Å². The summed E-state index contributed by atoms with van der Waals surface area (Å²) in [5.74, 6) is 2.17. The summed E-state index contributed by atoms with van der Waals surface area (Å²) in [4.78, 5) is 24.8. The van der Waals surface area contributed by atoms with E-state index < -0.39 is 0 Å². The van der Waals surface area contributed by atoms with Crippen LogP contribution in [0.3, 0.4) is 0 Å². The summed E-state index contributed by atoms with van der Waals surface area (Å²) in [5, 5.41) is 0. The Morgan fingerprint density at radius 3 is 2.60 bits per heavy atom. The maximum Gasteiger partial charge on any atom is 0.246 e. The van der Waals surface area contributed by atoms with Gasteiger partial charge in [-0.3, -0.25) is 4.79 Å². The predicted octanol–water partition coefficient (Wildman–Crippen LogP) is 1.57. The normalized spacial score (nSPS) is 16.5. The average Bonchev–Trinajstić information content (AvgIpc) is 3.15. The van der Waals surface area contributed by atoms with E-state index in [9.17, 15) is 4.79 Å². The standard InChI is InChI=1S/C18H18N4O3/c23-17(5-3-14-2-4-15-16(12-14)25-13-24-15)21-8-10-22(11-9-21)18-19-6-1-7-20-18/h1-7,12H,8-11,13H2. The van der Waals surface area contributed by atoms with Gasteiger partial charge in [0.05, 0.1) is 0 Å². The molecule has 0 radical (unpaired) electrons. The Kier molecular flexibility index (Phi) is 4.20. The number of amides is 1. The highest BCUT2D eigenvalue weighted by molar-refractivity contribution is 5.92. The highest BCUT2D eigenvalue weighted by Gasteiger charge is 2.21. The van der Waals surface area contributed by atoms with Gasteiger partial charge in [-0.25, -0.2) is 9.97 Å². The van der Waals surface area contributed by atoms with Gasteiger partial charge in [0.1, 0.15) is 0 Å². The fourth-order valence-corrected chi connectivity index (χ4v) is 2.87. The summed E-state index contributed by atoms with van der Waals surface area (Å²) in [6, 6.07) is 7.42. The molecule has 3 heterocycles. The van der Waals surface area contributed by atoms with Gasteiger partial charge in [-0.1, -0.05) is 6.07 Å². The van der Waals surface area contributed by atoms with Crippen LogP contribution in [0.4, 0.5) is 5.95 Å². The van der Waals surface area contributed by atoms with Gasteiger partial charge in [-0.05, 0) is 29.8 Å². The van der Waals surface area contributed by atoms with E-state index >= 15 is 0 Å². The number of hydrogen-bond donors (Lipinski definition) is 0. The van der Waals surface area contributed by atoms with Crippen molar-refractivity contribution in [3.8, 4) is 11.5 Å². The number of anilines is 1. The van der Waals surface area contributed by atoms with Crippen molar-refractivity contribution in [3.63, 3.8) is 0 Å². The molecule has 2 aliphatic rings. The van der Waals surface area contributed by atoms with Crippen LogP contribution in [0.15, 0.2) is 42.7 Å². The molecule has 0 saturated carbocycles. The number of benzene rings is 1. The van der Waals surface area contributed by atoms with Crippen LogP contribution in [0.25, 0.3) is 6.08 Å². The highest BCUT2D eigenvalue weighted by Crippen LogP contribution is 2.32. The van der Waals surface area contributed by atoms with Gasteiger partial charge in [-0.2, -0.15) is 0 Å². The van der Waals surface area contributed by atoms with Crippen LogP contribution in [0.2, 0.25) is 0 Å². The summed E-state index contributed by atoms with van der Waals surface area (Å²) in [6.45, 7) is 3.02. The molecule has 0 spiro atoms. The first-order valence-corrected chi connectivity index (χ1v) is 8.18. The van der Waals surface area contributed by atoms with E-state index in [2.05, 4.69) is 14.9 Å². The molecule has 2 aliphatic heterocycles. The molecule has 1 saturated heterocycles. The first-order chi connectivity index (χ1) is 12.3. The van der Waals surface area contributed by atoms with Crippen molar-refractivity contribution in [2.24, 2.45) is 0 Å². The van der Waals surface area contributed by atoms with E-state index in [0.717, 1.165) is 24.4 Å². The summed E-state index contributed by atoms with van der Waals surface area (Å²) >= 11 is 0. The van der Waals surface area contributed by atoms with Crippen LogP contribution < -0.4 is 14.4 Å². The Morgan fingerprint density at radius 2 is 1.80 bits per heavy atom. The largest absolute Gasteiger partial charge is 0.454 e. The topological polar surface area (TPSA) is 67.8 Å². The third-order valence-electron chi connectivity index (χ3n) is 4.24. The first-order valence-electron chi connectivity index (χ1n) is 8.18. The summed E-state index contributed by atoms with van der Waals surface area (Å²) in [6.07, 6.45) is 6.87. The molecule has 25 heavy (non-hydrogen) atoms. The minimum absolute atomic E-state index is 0.00583.